The summed E-state index contributed by atoms with van der Waals surface area (Å²) in [7, 11) is 0. The number of rotatable bonds is 2. The predicted molar refractivity (Wildman–Crippen MR) is 79.7 cm³/mol. The monoisotopic (exact) mass is 309 g/mol. The number of benzene rings is 2. The van der Waals surface area contributed by atoms with Crippen molar-refractivity contribution in [1.82, 2.24) is 0 Å². The highest BCUT2D eigenvalue weighted by atomic mass is 19.4. The van der Waals surface area contributed by atoms with E-state index in [1.807, 2.05) is 0 Å². The van der Waals surface area contributed by atoms with E-state index in [-0.39, 0.29) is 5.69 Å². The highest BCUT2D eigenvalue weighted by molar-refractivity contribution is 6.00. The minimum Gasteiger partial charge on any atom is -0.399 e. The number of anilines is 3. The minimum absolute atomic E-state index is 0.0559. The Balaban J connectivity index is 2.09. The van der Waals surface area contributed by atoms with Gasteiger partial charge in [0.05, 0.1) is 5.56 Å². The summed E-state index contributed by atoms with van der Waals surface area (Å²) in [5.74, 6) is 0. The zero-order valence-corrected chi connectivity index (χ0v) is 11.7. The molecule has 22 heavy (non-hydrogen) atoms. The van der Waals surface area contributed by atoms with Crippen LogP contribution in [0.15, 0.2) is 42.5 Å². The first-order valence-electron chi connectivity index (χ1n) is 6.37. The molecule has 2 amide bonds. The van der Waals surface area contributed by atoms with Gasteiger partial charge >= 0.3 is 12.2 Å². The Bertz CT molecular complexity index is 699. The summed E-state index contributed by atoms with van der Waals surface area (Å²) in [6.07, 6.45) is -4.46. The molecule has 0 radical (unpaired) electrons. The molecule has 4 nitrogen and oxygen atoms in total. The third-order valence-electron chi connectivity index (χ3n) is 2.95. The van der Waals surface area contributed by atoms with Crippen molar-refractivity contribution < 1.29 is 18.0 Å². The van der Waals surface area contributed by atoms with E-state index >= 15 is 0 Å². The average Bonchev–Trinajstić information content (AvgIpc) is 2.41. The van der Waals surface area contributed by atoms with Crippen molar-refractivity contribution >= 4 is 23.1 Å². The van der Waals surface area contributed by atoms with Gasteiger partial charge in [-0.15, -0.1) is 0 Å². The van der Waals surface area contributed by atoms with E-state index in [0.29, 0.717) is 11.4 Å². The van der Waals surface area contributed by atoms with Crippen molar-refractivity contribution in [3.8, 4) is 0 Å². The Kier molecular flexibility index (Phi) is 4.25. The molecule has 0 bridgehead atoms. The summed E-state index contributed by atoms with van der Waals surface area (Å²) in [4.78, 5) is 11.8. The van der Waals surface area contributed by atoms with Crippen molar-refractivity contribution in [3.63, 3.8) is 0 Å². The average molecular weight is 309 g/mol. The summed E-state index contributed by atoms with van der Waals surface area (Å²) < 4.78 is 37.8. The van der Waals surface area contributed by atoms with Gasteiger partial charge in [-0.1, -0.05) is 6.07 Å². The summed E-state index contributed by atoms with van der Waals surface area (Å²) in [6, 6.07) is 8.70. The van der Waals surface area contributed by atoms with Crippen LogP contribution in [0.25, 0.3) is 0 Å². The second-order valence-electron chi connectivity index (χ2n) is 4.73. The highest BCUT2D eigenvalue weighted by Crippen LogP contribution is 2.30. The second kappa shape index (κ2) is 5.97. The van der Waals surface area contributed by atoms with E-state index in [1.54, 1.807) is 25.1 Å². The normalized spacial score (nSPS) is 11.1. The SMILES string of the molecule is Cc1cc(N)ccc1NC(=O)Nc1cccc(C(F)(F)F)c1. The van der Waals surface area contributed by atoms with Gasteiger partial charge in [0, 0.05) is 17.1 Å². The van der Waals surface area contributed by atoms with Crippen LogP contribution in [0.3, 0.4) is 0 Å². The number of carbonyl (C=O) groups is 1. The fraction of sp³-hybridized carbons (Fsp3) is 0.133. The zero-order valence-electron chi connectivity index (χ0n) is 11.7. The maximum absolute atomic E-state index is 12.6. The van der Waals surface area contributed by atoms with Crippen LogP contribution in [-0.2, 0) is 6.18 Å². The molecular formula is C15H14F3N3O. The summed E-state index contributed by atoms with van der Waals surface area (Å²) >= 11 is 0. The topological polar surface area (TPSA) is 67.1 Å². The van der Waals surface area contributed by atoms with Gasteiger partial charge in [-0.25, -0.2) is 4.79 Å². The van der Waals surface area contributed by atoms with Gasteiger partial charge in [0.2, 0.25) is 0 Å². The molecule has 0 aliphatic heterocycles. The first-order chi connectivity index (χ1) is 10.3. The lowest BCUT2D eigenvalue weighted by atomic mass is 10.2. The van der Waals surface area contributed by atoms with Crippen molar-refractivity contribution in [1.29, 1.82) is 0 Å². The lowest BCUT2D eigenvalue weighted by Gasteiger charge is -2.12. The summed E-state index contributed by atoms with van der Waals surface area (Å²) in [6.45, 7) is 1.76. The van der Waals surface area contributed by atoms with Gasteiger partial charge < -0.3 is 16.4 Å². The second-order valence-corrected chi connectivity index (χ2v) is 4.73. The number of aryl methyl sites for hydroxylation is 1. The molecule has 0 unspecified atom stereocenters. The molecule has 0 saturated heterocycles. The lowest BCUT2D eigenvalue weighted by molar-refractivity contribution is -0.137. The molecule has 2 aromatic carbocycles. The van der Waals surface area contributed by atoms with Gasteiger partial charge in [-0.2, -0.15) is 13.2 Å². The van der Waals surface area contributed by atoms with Crippen LogP contribution in [0.5, 0.6) is 0 Å². The van der Waals surface area contributed by atoms with Gasteiger partial charge in [-0.05, 0) is 48.9 Å². The summed E-state index contributed by atoms with van der Waals surface area (Å²) in [5, 5.41) is 4.92. The molecule has 0 aromatic heterocycles. The largest absolute Gasteiger partial charge is 0.416 e. The molecule has 2 rings (SSSR count). The standard InChI is InChI=1S/C15H14F3N3O/c1-9-7-11(19)5-6-13(9)21-14(22)20-12-4-2-3-10(8-12)15(16,17)18/h2-8H,19H2,1H3,(H2,20,21,22). The van der Waals surface area contributed by atoms with Crippen LogP contribution >= 0.6 is 0 Å². The van der Waals surface area contributed by atoms with E-state index in [2.05, 4.69) is 10.6 Å². The number of urea groups is 1. The number of hydrogen-bond acceptors (Lipinski definition) is 2. The quantitative estimate of drug-likeness (QED) is 0.726. The number of alkyl halides is 3. The molecule has 0 fully saturated rings. The van der Waals surface area contributed by atoms with Crippen LogP contribution in [0.4, 0.5) is 35.0 Å². The smallest absolute Gasteiger partial charge is 0.399 e. The van der Waals surface area contributed by atoms with E-state index in [0.717, 1.165) is 17.7 Å². The Morgan fingerprint density at radius 2 is 1.82 bits per heavy atom. The third kappa shape index (κ3) is 3.91. The highest BCUT2D eigenvalue weighted by Gasteiger charge is 2.30. The fourth-order valence-electron chi connectivity index (χ4n) is 1.89. The number of nitrogens with two attached hydrogens (primary N) is 1. The van der Waals surface area contributed by atoms with Gasteiger partial charge in [0.25, 0.3) is 0 Å². The van der Waals surface area contributed by atoms with Crippen LogP contribution < -0.4 is 16.4 Å². The molecule has 7 heteroatoms. The first-order valence-corrected chi connectivity index (χ1v) is 6.37. The van der Waals surface area contributed by atoms with Crippen molar-refractivity contribution in [2.75, 3.05) is 16.4 Å². The third-order valence-corrected chi connectivity index (χ3v) is 2.95. The molecule has 0 spiro atoms. The van der Waals surface area contributed by atoms with Gasteiger partial charge in [0.15, 0.2) is 0 Å². The van der Waals surface area contributed by atoms with E-state index in [4.69, 9.17) is 5.73 Å². The van der Waals surface area contributed by atoms with Crippen LogP contribution in [-0.4, -0.2) is 6.03 Å². The summed E-state index contributed by atoms with van der Waals surface area (Å²) in [5.41, 5.74) is 6.67. The van der Waals surface area contributed by atoms with E-state index in [9.17, 15) is 18.0 Å². The number of nitrogen functional groups attached to an aromatic ring is 1. The number of nitrogens with one attached hydrogen (secondary N) is 2. The van der Waals surface area contributed by atoms with Gasteiger partial charge in [-0.3, -0.25) is 0 Å². The van der Waals surface area contributed by atoms with Crippen molar-refractivity contribution in [3.05, 3.63) is 53.6 Å². The number of amides is 2. The van der Waals surface area contributed by atoms with Crippen molar-refractivity contribution in [2.45, 2.75) is 13.1 Å². The van der Waals surface area contributed by atoms with Gasteiger partial charge in [0.1, 0.15) is 0 Å². The molecule has 2 aromatic rings. The maximum Gasteiger partial charge on any atom is 0.416 e. The molecular weight excluding hydrogens is 295 g/mol. The van der Waals surface area contributed by atoms with Crippen LogP contribution in [0, 0.1) is 6.92 Å². The van der Waals surface area contributed by atoms with Crippen LogP contribution in [0.1, 0.15) is 11.1 Å². The molecule has 0 aliphatic rings. The number of halogens is 3. The molecule has 0 atom stereocenters. The van der Waals surface area contributed by atoms with E-state index < -0.39 is 17.8 Å². The first kappa shape index (κ1) is 15.7. The molecule has 0 heterocycles. The Morgan fingerprint density at radius 1 is 1.09 bits per heavy atom. The number of hydrogen-bond donors (Lipinski definition) is 3. The molecule has 4 N–H and O–H groups in total. The maximum atomic E-state index is 12.6. The fourth-order valence-corrected chi connectivity index (χ4v) is 1.89. The predicted octanol–water partition coefficient (Wildman–Crippen LogP) is 4.24. The molecule has 0 aliphatic carbocycles. The van der Waals surface area contributed by atoms with E-state index in [1.165, 1.54) is 12.1 Å². The van der Waals surface area contributed by atoms with Crippen molar-refractivity contribution in [2.24, 2.45) is 0 Å². The van der Waals surface area contributed by atoms with Crippen LogP contribution in [0.2, 0.25) is 0 Å². The lowest BCUT2D eigenvalue weighted by Crippen LogP contribution is -2.20. The Labute approximate surface area is 125 Å². The minimum atomic E-state index is -4.46. The Morgan fingerprint density at radius 3 is 2.45 bits per heavy atom. The Hall–Kier alpha value is -2.70. The number of carbonyl (C=O) groups excluding carboxylic acids is 1. The zero-order chi connectivity index (χ0) is 16.3. The molecule has 0 saturated carbocycles. The molecule has 116 valence electrons.